The summed E-state index contributed by atoms with van der Waals surface area (Å²) in [7, 11) is 0. The van der Waals surface area contributed by atoms with Gasteiger partial charge in [-0.25, -0.2) is 9.98 Å². The minimum atomic E-state index is -0.0451. The molecule has 1 aromatic carbocycles. The summed E-state index contributed by atoms with van der Waals surface area (Å²) in [5, 5.41) is 22.5. The molecule has 2 aromatic rings. The van der Waals surface area contributed by atoms with Gasteiger partial charge >= 0.3 is 0 Å². The van der Waals surface area contributed by atoms with Crippen LogP contribution in [0.25, 0.3) is 17.0 Å². The molecule has 3 aliphatic rings. The molecule has 3 aliphatic heterocycles. The molecular formula is C21H21N6O+. The fourth-order valence-electron chi connectivity index (χ4n) is 3.66. The normalized spacial score (nSPS) is 21.3. The summed E-state index contributed by atoms with van der Waals surface area (Å²) in [5.74, 6) is 0.606. The van der Waals surface area contributed by atoms with E-state index >= 15 is 0 Å². The summed E-state index contributed by atoms with van der Waals surface area (Å²) in [5.41, 5.74) is 5.88. The molecule has 1 aromatic heterocycles. The van der Waals surface area contributed by atoms with Gasteiger partial charge in [0, 0.05) is 30.1 Å². The van der Waals surface area contributed by atoms with E-state index < -0.39 is 0 Å². The van der Waals surface area contributed by atoms with E-state index in [4.69, 9.17) is 0 Å². The average Bonchev–Trinajstić information content (AvgIpc) is 3.02. The molecule has 1 fully saturated rings. The molecule has 0 amide bonds. The van der Waals surface area contributed by atoms with Crippen molar-refractivity contribution in [2.75, 3.05) is 13.1 Å². The first-order valence-corrected chi connectivity index (χ1v) is 9.40. The monoisotopic (exact) mass is 373 g/mol. The van der Waals surface area contributed by atoms with E-state index in [2.05, 4.69) is 30.1 Å². The lowest BCUT2D eigenvalue weighted by Gasteiger charge is -2.25. The Morgan fingerprint density at radius 1 is 1.11 bits per heavy atom. The van der Waals surface area contributed by atoms with Gasteiger partial charge in [-0.05, 0) is 38.1 Å². The van der Waals surface area contributed by atoms with Gasteiger partial charge in [0.15, 0.2) is 12.4 Å². The number of rotatable bonds is 3. The lowest BCUT2D eigenvalue weighted by atomic mass is 9.98. The van der Waals surface area contributed by atoms with Gasteiger partial charge in [0.1, 0.15) is 22.9 Å². The molecule has 1 unspecified atom stereocenters. The van der Waals surface area contributed by atoms with Gasteiger partial charge in [-0.3, -0.25) is 0 Å². The highest BCUT2D eigenvalue weighted by Crippen LogP contribution is 2.32. The maximum absolute atomic E-state index is 10.6. The van der Waals surface area contributed by atoms with E-state index in [0.717, 1.165) is 41.5 Å². The number of phenolic OH excluding ortho intramolecular Hbond substituents is 1. The zero-order valence-corrected chi connectivity index (χ0v) is 15.8. The van der Waals surface area contributed by atoms with E-state index in [1.807, 2.05) is 50.5 Å². The van der Waals surface area contributed by atoms with E-state index in [0.29, 0.717) is 17.2 Å². The highest BCUT2D eigenvalue weighted by molar-refractivity contribution is 6.29. The summed E-state index contributed by atoms with van der Waals surface area (Å²) in [4.78, 5) is 9.25. The molecule has 0 radical (unpaired) electrons. The summed E-state index contributed by atoms with van der Waals surface area (Å²) >= 11 is 0. The second-order valence-electron chi connectivity index (χ2n) is 7.42. The van der Waals surface area contributed by atoms with Gasteiger partial charge in [0.2, 0.25) is 0 Å². The smallest absolute Gasteiger partial charge is 0.290 e. The van der Waals surface area contributed by atoms with Crippen LogP contribution in [0.1, 0.15) is 31.0 Å². The fourth-order valence-corrected chi connectivity index (χ4v) is 3.66. The van der Waals surface area contributed by atoms with Crippen molar-refractivity contribution < 1.29 is 9.68 Å². The lowest BCUT2D eigenvalue weighted by Crippen LogP contribution is -2.40. The Kier molecular flexibility index (Phi) is 3.91. The van der Waals surface area contributed by atoms with Crippen LogP contribution in [0.3, 0.4) is 0 Å². The third-order valence-corrected chi connectivity index (χ3v) is 5.34. The molecule has 2 N–H and O–H groups in total. The predicted octanol–water partition coefficient (Wildman–Crippen LogP) is 2.19. The summed E-state index contributed by atoms with van der Waals surface area (Å²) in [6.07, 6.45) is 3.93. The minimum Gasteiger partial charge on any atom is -0.507 e. The van der Waals surface area contributed by atoms with Crippen LogP contribution in [0.5, 0.6) is 5.75 Å². The van der Waals surface area contributed by atoms with Crippen molar-refractivity contribution in [1.82, 2.24) is 15.5 Å². The summed E-state index contributed by atoms with van der Waals surface area (Å²) in [6.45, 7) is 5.85. The first kappa shape index (κ1) is 16.9. The quantitative estimate of drug-likeness (QED) is 0.808. The summed E-state index contributed by atoms with van der Waals surface area (Å²) < 4.78 is 2.05. The van der Waals surface area contributed by atoms with Gasteiger partial charge in [0.25, 0.3) is 6.17 Å². The molecule has 140 valence electrons. The van der Waals surface area contributed by atoms with Crippen molar-refractivity contribution in [2.24, 2.45) is 9.98 Å². The fraction of sp³-hybridized carbons (Fsp3) is 0.286. The van der Waals surface area contributed by atoms with Crippen molar-refractivity contribution in [2.45, 2.75) is 25.9 Å². The van der Waals surface area contributed by atoms with Gasteiger partial charge in [-0.2, -0.15) is 14.8 Å². The first-order valence-electron chi connectivity index (χ1n) is 9.40. The van der Waals surface area contributed by atoms with Gasteiger partial charge in [0.05, 0.1) is 11.4 Å². The van der Waals surface area contributed by atoms with Gasteiger partial charge < -0.3 is 10.4 Å². The van der Waals surface area contributed by atoms with Crippen LogP contribution in [0.4, 0.5) is 0 Å². The van der Waals surface area contributed by atoms with E-state index in [1.54, 1.807) is 6.07 Å². The number of benzene rings is 1. The Bertz CT molecular complexity index is 1080. The predicted molar refractivity (Wildman–Crippen MR) is 109 cm³/mol. The number of aromatic nitrogens is 2. The standard InChI is InChI=1S/C21H20N6O/c1-12-10-27-11-19(24-13(2)21(27)23-12)14-3-4-16(20(28)7-14)18-6-5-17(25-26-18)15-8-22-9-15/h3-7,10-11,15,21-22H,8-9H2,1-2H3/p+1. The number of nitrogens with one attached hydrogen (secondary N) is 1. The Balaban J connectivity index is 1.44. The molecule has 7 nitrogen and oxygen atoms in total. The zero-order valence-electron chi connectivity index (χ0n) is 15.8. The molecule has 5 rings (SSSR count). The maximum Gasteiger partial charge on any atom is 0.290 e. The molecule has 0 saturated carbocycles. The molecule has 7 heteroatoms. The van der Waals surface area contributed by atoms with Crippen LogP contribution < -0.4 is 5.32 Å². The maximum atomic E-state index is 10.6. The second-order valence-corrected chi connectivity index (χ2v) is 7.42. The third kappa shape index (κ3) is 2.84. The van der Waals surface area contributed by atoms with Gasteiger partial charge in [-0.15, -0.1) is 0 Å². The van der Waals surface area contributed by atoms with Crippen LogP contribution in [-0.4, -0.2) is 56.8 Å². The second kappa shape index (κ2) is 6.45. The third-order valence-electron chi connectivity index (χ3n) is 5.34. The number of hydrogen-bond acceptors (Lipinski definition) is 6. The number of aliphatic imine (C=N–C) groups is 2. The highest BCUT2D eigenvalue weighted by atomic mass is 16.3. The Morgan fingerprint density at radius 2 is 1.96 bits per heavy atom. The van der Waals surface area contributed by atoms with Crippen molar-refractivity contribution in [3.8, 4) is 17.0 Å². The number of hydrogen-bond donors (Lipinski definition) is 2. The molecule has 0 aliphatic carbocycles. The van der Waals surface area contributed by atoms with Crippen LogP contribution in [0.15, 0.2) is 46.5 Å². The Hall–Kier alpha value is -3.19. The molecule has 28 heavy (non-hydrogen) atoms. The first-order chi connectivity index (χ1) is 13.6. The summed E-state index contributed by atoms with van der Waals surface area (Å²) in [6, 6.07) is 9.46. The van der Waals surface area contributed by atoms with Crippen molar-refractivity contribution in [1.29, 1.82) is 0 Å². The SMILES string of the molecule is CC1=NC2C(C)=NC(c3ccc(-c4ccc(C5CNC5)nn4)c(O)c3)=C[N+]2=C1. The molecule has 0 spiro atoms. The van der Waals surface area contributed by atoms with Crippen LogP contribution in [0, 0.1) is 0 Å². The molecule has 4 heterocycles. The van der Waals surface area contributed by atoms with Crippen molar-refractivity contribution in [3.05, 3.63) is 47.8 Å². The van der Waals surface area contributed by atoms with E-state index in [-0.39, 0.29) is 11.9 Å². The van der Waals surface area contributed by atoms with Crippen LogP contribution in [-0.2, 0) is 0 Å². The lowest BCUT2D eigenvalue weighted by molar-refractivity contribution is -0.468. The number of phenols is 1. The molecular weight excluding hydrogens is 352 g/mol. The molecule has 1 saturated heterocycles. The highest BCUT2D eigenvalue weighted by Gasteiger charge is 2.32. The zero-order chi connectivity index (χ0) is 19.3. The Labute approximate surface area is 162 Å². The van der Waals surface area contributed by atoms with Gasteiger partial charge in [-0.1, -0.05) is 6.07 Å². The van der Waals surface area contributed by atoms with Crippen LogP contribution >= 0.6 is 0 Å². The molecule has 0 bridgehead atoms. The van der Waals surface area contributed by atoms with Crippen molar-refractivity contribution in [3.63, 3.8) is 0 Å². The van der Waals surface area contributed by atoms with Crippen LogP contribution in [0.2, 0.25) is 0 Å². The minimum absolute atomic E-state index is 0.0451. The van der Waals surface area contributed by atoms with E-state index in [9.17, 15) is 5.11 Å². The average molecular weight is 373 g/mol. The number of nitrogens with zero attached hydrogens (tertiary/aromatic N) is 5. The number of fused-ring (bicyclic) bond motifs is 1. The van der Waals surface area contributed by atoms with Crippen molar-refractivity contribution >= 4 is 23.3 Å². The largest absolute Gasteiger partial charge is 0.507 e. The van der Waals surface area contributed by atoms with E-state index in [1.165, 1.54) is 0 Å². The molecule has 1 atom stereocenters. The number of aromatic hydroxyl groups is 1. The Morgan fingerprint density at radius 3 is 2.64 bits per heavy atom. The topological polar surface area (TPSA) is 85.8 Å².